The lowest BCUT2D eigenvalue weighted by Gasteiger charge is -2.03. The molecular weight excluding hydrogens is 220 g/mol. The van der Waals surface area contributed by atoms with Crippen LogP contribution in [0.3, 0.4) is 0 Å². The van der Waals surface area contributed by atoms with E-state index in [1.54, 1.807) is 11.8 Å². The average molecular weight is 234 g/mol. The van der Waals surface area contributed by atoms with Crippen molar-refractivity contribution in [1.29, 1.82) is 5.26 Å². The van der Waals surface area contributed by atoms with Gasteiger partial charge in [-0.3, -0.25) is 4.79 Å². The molecular formula is C12H14N2OS. The van der Waals surface area contributed by atoms with E-state index >= 15 is 0 Å². The molecule has 4 heteroatoms. The lowest BCUT2D eigenvalue weighted by atomic mass is 10.3. The molecule has 1 aromatic rings. The maximum absolute atomic E-state index is 11.4. The predicted octanol–water partition coefficient (Wildman–Crippen LogP) is 2.66. The number of benzene rings is 1. The quantitative estimate of drug-likeness (QED) is 0.770. The minimum Gasteiger partial charge on any atom is -0.325 e. The number of hydrogen-bond acceptors (Lipinski definition) is 3. The molecule has 84 valence electrons. The van der Waals surface area contributed by atoms with Gasteiger partial charge < -0.3 is 5.32 Å². The smallest absolute Gasteiger partial charge is 0.234 e. The Balaban J connectivity index is 2.15. The van der Waals surface area contributed by atoms with Crippen molar-refractivity contribution >= 4 is 23.4 Å². The molecule has 0 spiro atoms. The normalized spacial score (nSPS) is 9.44. The second-order valence-corrected chi connectivity index (χ2v) is 4.33. The fourth-order valence-corrected chi connectivity index (χ4v) is 1.89. The first-order chi connectivity index (χ1) is 7.83. The van der Waals surface area contributed by atoms with E-state index in [1.165, 1.54) is 0 Å². The SMILES string of the molecule is N#CCCCSCC(=O)Nc1ccccc1. The van der Waals surface area contributed by atoms with Crippen LogP contribution in [0.25, 0.3) is 0 Å². The highest BCUT2D eigenvalue weighted by Gasteiger charge is 2.01. The monoisotopic (exact) mass is 234 g/mol. The van der Waals surface area contributed by atoms with Gasteiger partial charge in [-0.15, -0.1) is 0 Å². The number of nitrogens with zero attached hydrogens (tertiary/aromatic N) is 1. The first kappa shape index (κ1) is 12.6. The van der Waals surface area contributed by atoms with E-state index in [9.17, 15) is 4.79 Å². The van der Waals surface area contributed by atoms with Crippen molar-refractivity contribution in [3.63, 3.8) is 0 Å². The Kier molecular flexibility index (Phi) is 6.12. The molecule has 1 N–H and O–H groups in total. The zero-order valence-corrected chi connectivity index (χ0v) is 9.80. The zero-order chi connectivity index (χ0) is 11.6. The van der Waals surface area contributed by atoms with E-state index in [2.05, 4.69) is 11.4 Å². The Hall–Kier alpha value is -1.47. The van der Waals surface area contributed by atoms with Gasteiger partial charge in [0.25, 0.3) is 0 Å². The Morgan fingerprint density at radius 3 is 2.81 bits per heavy atom. The third-order valence-corrected chi connectivity index (χ3v) is 2.91. The standard InChI is InChI=1S/C12H14N2OS/c13-8-4-5-9-16-10-12(15)14-11-6-2-1-3-7-11/h1-3,6-7H,4-5,9-10H2,(H,14,15). The number of unbranched alkanes of at least 4 members (excludes halogenated alkanes) is 1. The summed E-state index contributed by atoms with van der Waals surface area (Å²) in [6.07, 6.45) is 1.41. The molecule has 0 saturated heterocycles. The molecule has 1 rings (SSSR count). The van der Waals surface area contributed by atoms with Gasteiger partial charge >= 0.3 is 0 Å². The molecule has 1 aromatic carbocycles. The van der Waals surface area contributed by atoms with E-state index in [4.69, 9.17) is 5.26 Å². The molecule has 0 radical (unpaired) electrons. The van der Waals surface area contributed by atoms with Gasteiger partial charge in [-0.25, -0.2) is 0 Å². The summed E-state index contributed by atoms with van der Waals surface area (Å²) in [7, 11) is 0. The topological polar surface area (TPSA) is 52.9 Å². The molecule has 0 atom stereocenters. The number of nitrogens with one attached hydrogen (secondary N) is 1. The summed E-state index contributed by atoms with van der Waals surface area (Å²) >= 11 is 1.56. The average Bonchev–Trinajstić information content (AvgIpc) is 2.30. The van der Waals surface area contributed by atoms with E-state index in [-0.39, 0.29) is 5.91 Å². The van der Waals surface area contributed by atoms with Crippen molar-refractivity contribution in [2.75, 3.05) is 16.8 Å². The first-order valence-electron chi connectivity index (χ1n) is 5.12. The molecule has 1 amide bonds. The highest BCUT2D eigenvalue weighted by molar-refractivity contribution is 7.99. The van der Waals surface area contributed by atoms with E-state index < -0.39 is 0 Å². The van der Waals surface area contributed by atoms with E-state index in [1.807, 2.05) is 30.3 Å². The van der Waals surface area contributed by atoms with Crippen molar-refractivity contribution in [2.45, 2.75) is 12.8 Å². The Bertz CT molecular complexity index is 359. The third kappa shape index (κ3) is 5.42. The molecule has 0 saturated carbocycles. The van der Waals surface area contributed by atoms with Gasteiger partial charge in [0.2, 0.25) is 5.91 Å². The largest absolute Gasteiger partial charge is 0.325 e. The van der Waals surface area contributed by atoms with Crippen LogP contribution in [-0.2, 0) is 4.79 Å². The number of thioether (sulfide) groups is 1. The van der Waals surface area contributed by atoms with Crippen LogP contribution in [0.4, 0.5) is 5.69 Å². The Labute approximate surface area is 99.8 Å². The summed E-state index contributed by atoms with van der Waals surface area (Å²) in [5, 5.41) is 11.1. The molecule has 0 aromatic heterocycles. The molecule has 0 unspecified atom stereocenters. The fraction of sp³-hybridized carbons (Fsp3) is 0.333. The van der Waals surface area contributed by atoms with Crippen molar-refractivity contribution in [1.82, 2.24) is 0 Å². The molecule has 3 nitrogen and oxygen atoms in total. The first-order valence-corrected chi connectivity index (χ1v) is 6.28. The Morgan fingerprint density at radius 2 is 2.12 bits per heavy atom. The highest BCUT2D eigenvalue weighted by atomic mass is 32.2. The van der Waals surface area contributed by atoms with Gasteiger partial charge in [-0.2, -0.15) is 17.0 Å². The van der Waals surface area contributed by atoms with Crippen molar-refractivity contribution in [2.24, 2.45) is 0 Å². The molecule has 0 aliphatic heterocycles. The van der Waals surface area contributed by atoms with Crippen molar-refractivity contribution in [3.8, 4) is 6.07 Å². The summed E-state index contributed by atoms with van der Waals surface area (Å²) in [6, 6.07) is 11.5. The number of carbonyl (C=O) groups excluding carboxylic acids is 1. The summed E-state index contributed by atoms with van der Waals surface area (Å²) < 4.78 is 0. The lowest BCUT2D eigenvalue weighted by Crippen LogP contribution is -2.14. The van der Waals surface area contributed by atoms with Gasteiger partial charge in [-0.1, -0.05) is 18.2 Å². The van der Waals surface area contributed by atoms with Crippen molar-refractivity contribution < 1.29 is 4.79 Å². The number of nitriles is 1. The van der Waals surface area contributed by atoms with Crippen LogP contribution in [-0.4, -0.2) is 17.4 Å². The lowest BCUT2D eigenvalue weighted by molar-refractivity contribution is -0.113. The zero-order valence-electron chi connectivity index (χ0n) is 8.98. The third-order valence-electron chi connectivity index (χ3n) is 1.87. The number of rotatable bonds is 6. The van der Waals surface area contributed by atoms with Gasteiger partial charge in [0.05, 0.1) is 11.8 Å². The van der Waals surface area contributed by atoms with Crippen LogP contribution in [0.1, 0.15) is 12.8 Å². The van der Waals surface area contributed by atoms with Crippen LogP contribution in [0.5, 0.6) is 0 Å². The number of carbonyl (C=O) groups is 1. The number of amides is 1. The number of anilines is 1. The molecule has 0 bridgehead atoms. The second kappa shape index (κ2) is 7.77. The summed E-state index contributed by atoms with van der Waals surface area (Å²) in [4.78, 5) is 11.4. The minimum atomic E-state index is 0.00755. The van der Waals surface area contributed by atoms with Crippen molar-refractivity contribution in [3.05, 3.63) is 30.3 Å². The van der Waals surface area contributed by atoms with Crippen LogP contribution in [0.2, 0.25) is 0 Å². The van der Waals surface area contributed by atoms with Crippen LogP contribution >= 0.6 is 11.8 Å². The van der Waals surface area contributed by atoms with Crippen LogP contribution < -0.4 is 5.32 Å². The predicted molar refractivity (Wildman–Crippen MR) is 67.2 cm³/mol. The maximum atomic E-state index is 11.4. The van der Waals surface area contributed by atoms with Gasteiger partial charge in [0.1, 0.15) is 0 Å². The molecule has 0 aliphatic carbocycles. The highest BCUT2D eigenvalue weighted by Crippen LogP contribution is 2.08. The summed E-state index contributed by atoms with van der Waals surface area (Å²) in [5.74, 6) is 1.31. The molecule has 16 heavy (non-hydrogen) atoms. The molecule has 0 fully saturated rings. The fourth-order valence-electron chi connectivity index (χ4n) is 1.14. The van der Waals surface area contributed by atoms with Crippen LogP contribution in [0, 0.1) is 11.3 Å². The van der Waals surface area contributed by atoms with Gasteiger partial charge in [0.15, 0.2) is 0 Å². The van der Waals surface area contributed by atoms with E-state index in [0.29, 0.717) is 12.2 Å². The summed E-state index contributed by atoms with van der Waals surface area (Å²) in [5.41, 5.74) is 0.824. The Morgan fingerprint density at radius 1 is 1.38 bits per heavy atom. The molecule has 0 aliphatic rings. The van der Waals surface area contributed by atoms with Gasteiger partial charge in [-0.05, 0) is 24.3 Å². The number of hydrogen-bond donors (Lipinski definition) is 1. The maximum Gasteiger partial charge on any atom is 0.234 e. The number of para-hydroxylation sites is 1. The second-order valence-electron chi connectivity index (χ2n) is 3.23. The summed E-state index contributed by atoms with van der Waals surface area (Å²) in [6.45, 7) is 0. The van der Waals surface area contributed by atoms with Crippen LogP contribution in [0.15, 0.2) is 30.3 Å². The molecule has 0 heterocycles. The minimum absolute atomic E-state index is 0.00755. The van der Waals surface area contributed by atoms with Gasteiger partial charge in [0, 0.05) is 12.1 Å². The van der Waals surface area contributed by atoms with E-state index in [0.717, 1.165) is 17.9 Å².